The van der Waals surface area contributed by atoms with Gasteiger partial charge >= 0.3 is 0 Å². The lowest BCUT2D eigenvalue weighted by Gasteiger charge is -2.42. The van der Waals surface area contributed by atoms with E-state index in [1.807, 2.05) is 6.07 Å². The van der Waals surface area contributed by atoms with Crippen molar-refractivity contribution in [1.82, 2.24) is 9.88 Å². The molecule has 1 saturated heterocycles. The van der Waals surface area contributed by atoms with E-state index in [1.165, 1.54) is 0 Å². The number of fused-ring (bicyclic) bond motifs is 1. The monoisotopic (exact) mass is 464 g/mol. The summed E-state index contributed by atoms with van der Waals surface area (Å²) in [6.07, 6.45) is 7.30. The molecular weight excluding hydrogens is 442 g/mol. The van der Waals surface area contributed by atoms with Gasteiger partial charge in [-0.15, -0.1) is 0 Å². The average molecular weight is 465 g/mol. The number of nitriles is 1. The maximum Gasteiger partial charge on any atom is 0.255 e. The topological polar surface area (TPSA) is 65.1 Å². The van der Waals surface area contributed by atoms with E-state index < -0.39 is 11.3 Å². The van der Waals surface area contributed by atoms with Crippen molar-refractivity contribution in [3.63, 3.8) is 0 Å². The standard InChI is InChI=1S/C21H23BrF2N4O/c22-18-16-8-15(9-25)29-17(16)10-26-19(18)27-13-2-4-14(5-3-13)28-7-1-6-20(12-28)11-21(20,23)24/h8,10,13-14H,1-7,11-12H2,(H,26,27). The Hall–Kier alpha value is -1.72. The minimum Gasteiger partial charge on any atom is -0.444 e. The van der Waals surface area contributed by atoms with Gasteiger partial charge in [-0.3, -0.25) is 4.90 Å². The average Bonchev–Trinajstić information content (AvgIpc) is 3.05. The lowest BCUT2D eigenvalue weighted by molar-refractivity contribution is 0.00674. The number of furan rings is 1. The molecule has 3 aliphatic rings. The van der Waals surface area contributed by atoms with Crippen LogP contribution in [0.5, 0.6) is 0 Å². The van der Waals surface area contributed by atoms with Gasteiger partial charge in [0.1, 0.15) is 11.9 Å². The number of aromatic nitrogens is 1. The number of anilines is 1. The molecule has 2 aromatic heterocycles. The first-order chi connectivity index (χ1) is 13.9. The third kappa shape index (κ3) is 3.32. The van der Waals surface area contributed by atoms with Gasteiger partial charge < -0.3 is 9.73 Å². The predicted molar refractivity (Wildman–Crippen MR) is 109 cm³/mol. The number of halogens is 3. The number of hydrogen-bond donors (Lipinski definition) is 1. The lowest BCUT2D eigenvalue weighted by Crippen LogP contribution is -2.47. The van der Waals surface area contributed by atoms with E-state index in [0.717, 1.165) is 54.3 Å². The number of hydrogen-bond acceptors (Lipinski definition) is 5. The Labute approximate surface area is 176 Å². The number of likely N-dealkylation sites (tertiary alicyclic amines) is 1. The minimum absolute atomic E-state index is 0.0805. The quantitative estimate of drug-likeness (QED) is 0.666. The summed E-state index contributed by atoms with van der Waals surface area (Å²) in [4.78, 5) is 6.77. The Morgan fingerprint density at radius 2 is 2.07 bits per heavy atom. The molecule has 0 radical (unpaired) electrons. The van der Waals surface area contributed by atoms with Crippen molar-refractivity contribution in [3.05, 3.63) is 22.5 Å². The maximum absolute atomic E-state index is 13.8. The van der Waals surface area contributed by atoms with E-state index in [2.05, 4.69) is 31.1 Å². The molecule has 3 fully saturated rings. The number of rotatable bonds is 3. The summed E-state index contributed by atoms with van der Waals surface area (Å²) < 4.78 is 33.9. The van der Waals surface area contributed by atoms with Crippen LogP contribution in [0.25, 0.3) is 11.0 Å². The van der Waals surface area contributed by atoms with Gasteiger partial charge in [0.25, 0.3) is 5.92 Å². The second-order valence-corrected chi connectivity index (χ2v) is 9.60. The fourth-order valence-electron chi connectivity index (χ4n) is 5.22. The molecule has 3 heterocycles. The van der Waals surface area contributed by atoms with Crippen molar-refractivity contribution in [3.8, 4) is 6.07 Å². The van der Waals surface area contributed by atoms with Crippen LogP contribution in [0.3, 0.4) is 0 Å². The van der Waals surface area contributed by atoms with Crippen molar-refractivity contribution in [1.29, 1.82) is 5.26 Å². The molecule has 1 unspecified atom stereocenters. The van der Waals surface area contributed by atoms with Crippen molar-refractivity contribution in [2.24, 2.45) is 5.41 Å². The van der Waals surface area contributed by atoms with Crippen LogP contribution in [0.2, 0.25) is 0 Å². The van der Waals surface area contributed by atoms with Crippen LogP contribution in [0, 0.1) is 16.7 Å². The number of alkyl halides is 2. The predicted octanol–water partition coefficient (Wildman–Crippen LogP) is 5.31. The highest BCUT2D eigenvalue weighted by molar-refractivity contribution is 9.10. The first-order valence-electron chi connectivity index (χ1n) is 10.3. The Balaban J connectivity index is 1.21. The normalized spacial score (nSPS) is 31.7. The molecule has 1 spiro atoms. The Morgan fingerprint density at radius 1 is 1.31 bits per heavy atom. The third-order valence-corrected chi connectivity index (χ3v) is 7.80. The second-order valence-electron chi connectivity index (χ2n) is 8.81. The van der Waals surface area contributed by atoms with E-state index in [1.54, 1.807) is 12.3 Å². The molecule has 5 nitrogen and oxygen atoms in total. The lowest BCUT2D eigenvalue weighted by atomic mass is 9.86. The molecule has 0 aromatic carbocycles. The van der Waals surface area contributed by atoms with Crippen LogP contribution in [-0.2, 0) is 0 Å². The number of nitrogens with one attached hydrogen (secondary N) is 1. The zero-order valence-electron chi connectivity index (χ0n) is 16.1. The molecule has 1 N–H and O–H groups in total. The van der Waals surface area contributed by atoms with E-state index in [9.17, 15) is 8.78 Å². The number of nitrogens with zero attached hydrogens (tertiary/aromatic N) is 3. The fraction of sp³-hybridized carbons (Fsp3) is 0.619. The second kappa shape index (κ2) is 6.92. The van der Waals surface area contributed by atoms with Crippen molar-refractivity contribution in [2.75, 3.05) is 18.4 Å². The smallest absolute Gasteiger partial charge is 0.255 e. The van der Waals surface area contributed by atoms with Crippen LogP contribution in [-0.4, -0.2) is 41.0 Å². The van der Waals surface area contributed by atoms with E-state index >= 15 is 0 Å². The molecular formula is C21H23BrF2N4O. The summed E-state index contributed by atoms with van der Waals surface area (Å²) in [7, 11) is 0. The molecule has 1 aliphatic heterocycles. The summed E-state index contributed by atoms with van der Waals surface area (Å²) >= 11 is 3.58. The first kappa shape index (κ1) is 19.3. The molecule has 8 heteroatoms. The van der Waals surface area contributed by atoms with Crippen LogP contribution >= 0.6 is 15.9 Å². The van der Waals surface area contributed by atoms with Gasteiger partial charge in [0.15, 0.2) is 5.58 Å². The van der Waals surface area contributed by atoms with Gasteiger partial charge in [0.2, 0.25) is 5.76 Å². The summed E-state index contributed by atoms with van der Waals surface area (Å²) in [5, 5.41) is 13.4. The highest BCUT2D eigenvalue weighted by Crippen LogP contribution is 2.64. The fourth-order valence-corrected chi connectivity index (χ4v) is 5.74. The third-order valence-electron chi connectivity index (χ3n) is 7.00. The Bertz CT molecular complexity index is 979. The van der Waals surface area contributed by atoms with Crippen molar-refractivity contribution >= 4 is 32.7 Å². The molecule has 154 valence electrons. The minimum atomic E-state index is -2.44. The summed E-state index contributed by atoms with van der Waals surface area (Å²) in [6, 6.07) is 4.43. The van der Waals surface area contributed by atoms with Crippen LogP contribution in [0.1, 0.15) is 50.7 Å². The van der Waals surface area contributed by atoms with Crippen molar-refractivity contribution < 1.29 is 13.2 Å². The molecule has 5 rings (SSSR count). The summed E-state index contributed by atoms with van der Waals surface area (Å²) in [5.41, 5.74) is -0.143. The highest BCUT2D eigenvalue weighted by atomic mass is 79.9. The summed E-state index contributed by atoms with van der Waals surface area (Å²) in [5.74, 6) is -1.43. The van der Waals surface area contributed by atoms with Gasteiger partial charge in [0.05, 0.1) is 16.1 Å². The summed E-state index contributed by atoms with van der Waals surface area (Å²) in [6.45, 7) is 1.51. The Morgan fingerprint density at radius 3 is 2.76 bits per heavy atom. The molecule has 29 heavy (non-hydrogen) atoms. The number of pyridine rings is 1. The molecule has 2 aromatic rings. The van der Waals surface area contributed by atoms with E-state index in [4.69, 9.17) is 9.68 Å². The van der Waals surface area contributed by atoms with Gasteiger partial charge in [-0.05, 0) is 61.0 Å². The Kier molecular flexibility index (Phi) is 4.59. The van der Waals surface area contributed by atoms with Crippen LogP contribution in [0.4, 0.5) is 14.6 Å². The largest absolute Gasteiger partial charge is 0.444 e. The van der Waals surface area contributed by atoms with Gasteiger partial charge in [-0.2, -0.15) is 5.26 Å². The van der Waals surface area contributed by atoms with Crippen LogP contribution in [0.15, 0.2) is 21.2 Å². The number of piperidine rings is 1. The molecule has 0 bridgehead atoms. The molecule has 0 amide bonds. The molecule has 2 aliphatic carbocycles. The van der Waals surface area contributed by atoms with Gasteiger partial charge in [-0.25, -0.2) is 13.8 Å². The van der Waals surface area contributed by atoms with E-state index in [0.29, 0.717) is 30.6 Å². The van der Waals surface area contributed by atoms with E-state index in [-0.39, 0.29) is 12.2 Å². The SMILES string of the molecule is N#Cc1cc2c(Br)c(NC3CCC(N4CCCC5(C4)CC5(F)F)CC3)ncc2o1. The highest BCUT2D eigenvalue weighted by Gasteiger charge is 2.71. The first-order valence-corrected chi connectivity index (χ1v) is 11.1. The zero-order chi connectivity index (χ0) is 20.2. The van der Waals surface area contributed by atoms with Gasteiger partial charge in [-0.1, -0.05) is 0 Å². The molecule has 2 saturated carbocycles. The van der Waals surface area contributed by atoms with Crippen LogP contribution < -0.4 is 5.32 Å². The van der Waals surface area contributed by atoms with Gasteiger partial charge in [0, 0.05) is 36.5 Å². The maximum atomic E-state index is 13.8. The van der Waals surface area contributed by atoms with Crippen molar-refractivity contribution in [2.45, 2.75) is 63.0 Å². The molecule has 1 atom stereocenters. The zero-order valence-corrected chi connectivity index (χ0v) is 17.6.